The predicted molar refractivity (Wildman–Crippen MR) is 68.4 cm³/mol. The monoisotopic (exact) mass is 234 g/mol. The fourth-order valence-corrected chi connectivity index (χ4v) is 3.55. The van der Waals surface area contributed by atoms with Gasteiger partial charge in [0.1, 0.15) is 11.1 Å². The van der Waals surface area contributed by atoms with Gasteiger partial charge in [-0.05, 0) is 29.7 Å². The highest BCUT2D eigenvalue weighted by Crippen LogP contribution is 2.46. The molecule has 0 radical (unpaired) electrons. The number of nitriles is 1. The molecule has 2 nitrogen and oxygen atoms in total. The first-order valence-electron chi connectivity index (χ1n) is 5.79. The molecule has 1 aromatic rings. The van der Waals surface area contributed by atoms with Crippen molar-refractivity contribution in [2.24, 2.45) is 11.3 Å². The number of nitrogens with two attached hydrogens (primary N) is 1. The van der Waals surface area contributed by atoms with Crippen LogP contribution >= 0.6 is 11.3 Å². The molecule has 16 heavy (non-hydrogen) atoms. The third-order valence-corrected chi connectivity index (χ3v) is 5.21. The minimum atomic E-state index is 0.361. The highest BCUT2D eigenvalue weighted by molar-refractivity contribution is 7.16. The van der Waals surface area contributed by atoms with Gasteiger partial charge >= 0.3 is 0 Å². The lowest BCUT2D eigenvalue weighted by atomic mass is 9.75. The number of fused-ring (bicyclic) bond motifs is 1. The van der Waals surface area contributed by atoms with Crippen LogP contribution in [-0.4, -0.2) is 0 Å². The lowest BCUT2D eigenvalue weighted by Crippen LogP contribution is -2.23. The van der Waals surface area contributed by atoms with Gasteiger partial charge in [0.05, 0.1) is 5.56 Å². The molecule has 3 heteroatoms. The van der Waals surface area contributed by atoms with E-state index >= 15 is 0 Å². The quantitative estimate of drug-likeness (QED) is 0.853. The zero-order chi connectivity index (χ0) is 11.9. The van der Waals surface area contributed by atoms with E-state index in [-0.39, 0.29) is 0 Å². The first kappa shape index (κ1) is 11.5. The largest absolute Gasteiger partial charge is 0.389 e. The molecule has 0 aliphatic heterocycles. The van der Waals surface area contributed by atoms with Gasteiger partial charge in [-0.25, -0.2) is 0 Å². The number of nitrogen functional groups attached to an aromatic ring is 1. The maximum absolute atomic E-state index is 9.09. The van der Waals surface area contributed by atoms with Crippen LogP contribution in [0.1, 0.15) is 43.2 Å². The van der Waals surface area contributed by atoms with Crippen LogP contribution in [-0.2, 0) is 12.8 Å². The number of hydrogen-bond donors (Lipinski definition) is 1. The summed E-state index contributed by atoms with van der Waals surface area (Å²) in [5, 5.41) is 9.80. The molecule has 1 heterocycles. The molecule has 0 fully saturated rings. The summed E-state index contributed by atoms with van der Waals surface area (Å²) in [6, 6.07) is 2.25. The fourth-order valence-electron chi connectivity index (χ4n) is 2.42. The van der Waals surface area contributed by atoms with Crippen LogP contribution in [0.4, 0.5) is 5.00 Å². The second-order valence-electron chi connectivity index (χ2n) is 5.30. The van der Waals surface area contributed by atoms with Crippen molar-refractivity contribution >= 4 is 16.3 Å². The van der Waals surface area contributed by atoms with Crippen molar-refractivity contribution in [1.82, 2.24) is 0 Å². The van der Waals surface area contributed by atoms with Crippen molar-refractivity contribution in [3.05, 3.63) is 16.0 Å². The molecule has 1 aliphatic rings. The third kappa shape index (κ3) is 1.62. The zero-order valence-electron chi connectivity index (χ0n) is 10.1. The van der Waals surface area contributed by atoms with Crippen LogP contribution in [0.3, 0.4) is 0 Å². The summed E-state index contributed by atoms with van der Waals surface area (Å²) in [5.74, 6) is 0.673. The van der Waals surface area contributed by atoms with E-state index in [1.807, 2.05) is 0 Å². The average molecular weight is 234 g/mol. The Kier molecular flexibility index (Phi) is 2.71. The summed E-state index contributed by atoms with van der Waals surface area (Å²) in [6.45, 7) is 6.89. The van der Waals surface area contributed by atoms with Crippen LogP contribution in [0, 0.1) is 22.7 Å². The summed E-state index contributed by atoms with van der Waals surface area (Å²) < 4.78 is 0. The van der Waals surface area contributed by atoms with Gasteiger partial charge in [-0.3, -0.25) is 0 Å². The van der Waals surface area contributed by atoms with Crippen molar-refractivity contribution in [3.63, 3.8) is 0 Å². The fraction of sp³-hybridized carbons (Fsp3) is 0.615. The van der Waals surface area contributed by atoms with Gasteiger partial charge in [0.2, 0.25) is 0 Å². The molecule has 86 valence electrons. The lowest BCUT2D eigenvalue weighted by Gasteiger charge is -2.30. The second kappa shape index (κ2) is 3.78. The van der Waals surface area contributed by atoms with Crippen molar-refractivity contribution in [2.75, 3.05) is 5.73 Å². The molecule has 0 saturated heterocycles. The highest BCUT2D eigenvalue weighted by Gasteiger charge is 2.36. The molecular formula is C13H18N2S. The first-order chi connectivity index (χ1) is 7.49. The summed E-state index contributed by atoms with van der Waals surface area (Å²) >= 11 is 1.61. The smallest absolute Gasteiger partial charge is 0.104 e. The Bertz CT molecular complexity index is 451. The number of rotatable bonds is 2. The maximum Gasteiger partial charge on any atom is 0.104 e. The molecule has 2 rings (SSSR count). The molecule has 1 aliphatic carbocycles. The maximum atomic E-state index is 9.09. The van der Waals surface area contributed by atoms with Crippen molar-refractivity contribution in [1.29, 1.82) is 5.26 Å². The normalized spacial score (nSPS) is 19.5. The number of thiophene rings is 1. The Morgan fingerprint density at radius 3 is 2.75 bits per heavy atom. The molecule has 0 saturated carbocycles. The van der Waals surface area contributed by atoms with E-state index in [4.69, 9.17) is 11.0 Å². The van der Waals surface area contributed by atoms with E-state index < -0.39 is 0 Å². The van der Waals surface area contributed by atoms with E-state index in [0.29, 0.717) is 16.3 Å². The molecular weight excluding hydrogens is 216 g/mol. The second-order valence-corrected chi connectivity index (χ2v) is 6.44. The van der Waals surface area contributed by atoms with Gasteiger partial charge in [-0.1, -0.05) is 27.2 Å². The molecule has 1 unspecified atom stereocenters. The standard InChI is InChI=1S/C13H18N2S/c1-4-13(2,3)8-5-9-10(7-14)12(15)16-11(9)6-8/h8H,4-6,15H2,1-3H3. The lowest BCUT2D eigenvalue weighted by molar-refractivity contribution is 0.212. The predicted octanol–water partition coefficient (Wildman–Crippen LogP) is 3.35. The molecule has 1 aromatic heterocycles. The zero-order valence-corrected chi connectivity index (χ0v) is 10.9. The van der Waals surface area contributed by atoms with Crippen LogP contribution < -0.4 is 5.73 Å². The Labute approximate surface area is 101 Å². The van der Waals surface area contributed by atoms with E-state index in [2.05, 4.69) is 26.8 Å². The first-order valence-corrected chi connectivity index (χ1v) is 6.61. The molecule has 2 N–H and O–H groups in total. The van der Waals surface area contributed by atoms with Crippen LogP contribution in [0.25, 0.3) is 0 Å². The van der Waals surface area contributed by atoms with Crippen molar-refractivity contribution in [2.45, 2.75) is 40.0 Å². The number of anilines is 1. The summed E-state index contributed by atoms with van der Waals surface area (Å²) in [7, 11) is 0. The van der Waals surface area contributed by atoms with E-state index in [9.17, 15) is 0 Å². The minimum absolute atomic E-state index is 0.361. The molecule has 1 atom stereocenters. The summed E-state index contributed by atoms with van der Waals surface area (Å²) in [5.41, 5.74) is 8.18. The van der Waals surface area contributed by atoms with Gasteiger partial charge in [-0.2, -0.15) is 5.26 Å². The Morgan fingerprint density at radius 1 is 1.50 bits per heavy atom. The van der Waals surface area contributed by atoms with Gasteiger partial charge in [0.15, 0.2) is 0 Å². The van der Waals surface area contributed by atoms with E-state index in [1.54, 1.807) is 11.3 Å². The van der Waals surface area contributed by atoms with Crippen molar-refractivity contribution < 1.29 is 0 Å². The number of hydrogen-bond acceptors (Lipinski definition) is 3. The molecule has 0 bridgehead atoms. The Hall–Kier alpha value is -1.01. The van der Waals surface area contributed by atoms with Crippen LogP contribution in [0.2, 0.25) is 0 Å². The SMILES string of the molecule is CCC(C)(C)C1Cc2sc(N)c(C#N)c2C1. The summed E-state index contributed by atoms with van der Waals surface area (Å²) in [6.07, 6.45) is 3.32. The van der Waals surface area contributed by atoms with Crippen LogP contribution in [0.5, 0.6) is 0 Å². The Morgan fingerprint density at radius 2 is 2.19 bits per heavy atom. The van der Waals surface area contributed by atoms with Crippen LogP contribution in [0.15, 0.2) is 0 Å². The Balaban J connectivity index is 2.30. The topological polar surface area (TPSA) is 49.8 Å². The minimum Gasteiger partial charge on any atom is -0.389 e. The number of nitrogens with zero attached hydrogens (tertiary/aromatic N) is 1. The summed E-state index contributed by atoms with van der Waals surface area (Å²) in [4.78, 5) is 1.35. The van der Waals surface area contributed by atoms with Gasteiger partial charge in [0.25, 0.3) is 0 Å². The van der Waals surface area contributed by atoms with Gasteiger partial charge in [0, 0.05) is 4.88 Å². The van der Waals surface area contributed by atoms with Crippen molar-refractivity contribution in [3.8, 4) is 6.07 Å². The van der Waals surface area contributed by atoms with E-state index in [1.165, 1.54) is 16.9 Å². The third-order valence-electron chi connectivity index (χ3n) is 4.13. The van der Waals surface area contributed by atoms with Gasteiger partial charge in [-0.15, -0.1) is 11.3 Å². The van der Waals surface area contributed by atoms with Gasteiger partial charge < -0.3 is 5.73 Å². The highest BCUT2D eigenvalue weighted by atomic mass is 32.1. The average Bonchev–Trinajstić information content (AvgIpc) is 2.74. The molecule has 0 aromatic carbocycles. The molecule has 0 amide bonds. The molecule has 0 spiro atoms. The van der Waals surface area contributed by atoms with E-state index in [0.717, 1.165) is 18.4 Å².